The zero-order valence-corrected chi connectivity index (χ0v) is 12.7. The van der Waals surface area contributed by atoms with Crippen molar-refractivity contribution >= 4 is 23.6 Å². The SMILES string of the molecule is CCCC(C)NC(=O)C(C)SC(C(=O)O)C(C)C. The number of amides is 1. The Bertz CT molecular complexity index is 281. The molecule has 0 saturated heterocycles. The van der Waals surface area contributed by atoms with Gasteiger partial charge in [0.15, 0.2) is 0 Å². The van der Waals surface area contributed by atoms with E-state index < -0.39 is 11.2 Å². The highest BCUT2D eigenvalue weighted by Crippen LogP contribution is 2.24. The van der Waals surface area contributed by atoms with Crippen molar-refractivity contribution in [2.45, 2.75) is 64.0 Å². The average molecular weight is 275 g/mol. The van der Waals surface area contributed by atoms with Crippen molar-refractivity contribution in [1.29, 1.82) is 0 Å². The lowest BCUT2D eigenvalue weighted by molar-refractivity contribution is -0.137. The van der Waals surface area contributed by atoms with Crippen LogP contribution in [-0.4, -0.2) is 33.5 Å². The first-order valence-corrected chi connectivity index (χ1v) is 7.42. The van der Waals surface area contributed by atoms with Crippen molar-refractivity contribution < 1.29 is 14.7 Å². The van der Waals surface area contributed by atoms with E-state index in [2.05, 4.69) is 12.2 Å². The molecule has 3 atom stereocenters. The van der Waals surface area contributed by atoms with E-state index in [9.17, 15) is 9.59 Å². The summed E-state index contributed by atoms with van der Waals surface area (Å²) in [6, 6.07) is 0.146. The lowest BCUT2D eigenvalue weighted by Gasteiger charge is -2.21. The van der Waals surface area contributed by atoms with E-state index in [0.717, 1.165) is 12.8 Å². The first-order valence-electron chi connectivity index (χ1n) is 6.48. The molecule has 2 N–H and O–H groups in total. The van der Waals surface area contributed by atoms with E-state index in [0.29, 0.717) is 0 Å². The molecule has 0 spiro atoms. The molecule has 0 aromatic rings. The molecule has 0 aromatic heterocycles. The van der Waals surface area contributed by atoms with Gasteiger partial charge < -0.3 is 10.4 Å². The Morgan fingerprint density at radius 1 is 1.22 bits per heavy atom. The summed E-state index contributed by atoms with van der Waals surface area (Å²) >= 11 is 1.22. The van der Waals surface area contributed by atoms with Crippen LogP contribution in [0.5, 0.6) is 0 Å². The molecule has 1 amide bonds. The maximum atomic E-state index is 11.9. The molecule has 0 heterocycles. The van der Waals surface area contributed by atoms with Gasteiger partial charge in [0.2, 0.25) is 5.91 Å². The predicted octanol–water partition coefficient (Wildman–Crippen LogP) is 2.52. The number of carbonyl (C=O) groups excluding carboxylic acids is 1. The standard InChI is InChI=1S/C13H25NO3S/c1-6-7-9(4)14-12(15)10(5)18-11(8(2)3)13(16)17/h8-11H,6-7H2,1-5H3,(H,14,15)(H,16,17). The van der Waals surface area contributed by atoms with Gasteiger partial charge in [0.05, 0.1) is 5.25 Å². The monoisotopic (exact) mass is 275 g/mol. The lowest BCUT2D eigenvalue weighted by atomic mass is 10.1. The summed E-state index contributed by atoms with van der Waals surface area (Å²) in [7, 11) is 0. The minimum absolute atomic E-state index is 0.0100. The Morgan fingerprint density at radius 3 is 2.17 bits per heavy atom. The molecule has 0 saturated carbocycles. The van der Waals surface area contributed by atoms with Crippen LogP contribution >= 0.6 is 11.8 Å². The number of nitrogens with one attached hydrogen (secondary N) is 1. The normalized spacial score (nSPS) is 16.1. The maximum Gasteiger partial charge on any atom is 0.316 e. The van der Waals surface area contributed by atoms with Crippen LogP contribution in [0.2, 0.25) is 0 Å². The second-order valence-electron chi connectivity index (χ2n) is 4.98. The van der Waals surface area contributed by atoms with Gasteiger partial charge in [0.1, 0.15) is 5.25 Å². The summed E-state index contributed by atoms with van der Waals surface area (Å²) in [6.07, 6.45) is 1.96. The number of hydrogen-bond acceptors (Lipinski definition) is 3. The third kappa shape index (κ3) is 6.28. The Hall–Kier alpha value is -0.710. The Labute approximate surface area is 114 Å². The fourth-order valence-corrected chi connectivity index (χ4v) is 2.71. The highest BCUT2D eigenvalue weighted by Gasteiger charge is 2.27. The number of rotatable bonds is 8. The van der Waals surface area contributed by atoms with Crippen molar-refractivity contribution in [1.82, 2.24) is 5.32 Å². The van der Waals surface area contributed by atoms with E-state index in [-0.39, 0.29) is 23.1 Å². The van der Waals surface area contributed by atoms with Crippen LogP contribution in [0.1, 0.15) is 47.5 Å². The summed E-state index contributed by atoms with van der Waals surface area (Å²) < 4.78 is 0. The van der Waals surface area contributed by atoms with Crippen LogP contribution < -0.4 is 5.32 Å². The molecule has 0 bridgehead atoms. The van der Waals surface area contributed by atoms with Gasteiger partial charge in [-0.2, -0.15) is 0 Å². The van der Waals surface area contributed by atoms with Gasteiger partial charge in [-0.3, -0.25) is 9.59 Å². The second kappa shape index (κ2) is 8.40. The first-order chi connectivity index (χ1) is 8.29. The van der Waals surface area contributed by atoms with Crippen LogP contribution in [0.15, 0.2) is 0 Å². The van der Waals surface area contributed by atoms with Crippen LogP contribution in [0.3, 0.4) is 0 Å². The van der Waals surface area contributed by atoms with Gasteiger partial charge >= 0.3 is 5.97 Å². The predicted molar refractivity (Wildman–Crippen MR) is 75.8 cm³/mol. The largest absolute Gasteiger partial charge is 0.480 e. The molecule has 0 rings (SSSR count). The summed E-state index contributed by atoms with van der Waals surface area (Å²) in [5.41, 5.74) is 0. The summed E-state index contributed by atoms with van der Waals surface area (Å²) in [5, 5.41) is 11.1. The van der Waals surface area contributed by atoms with Gasteiger partial charge in [-0.15, -0.1) is 11.8 Å². The zero-order valence-electron chi connectivity index (χ0n) is 11.9. The molecule has 0 aliphatic rings. The topological polar surface area (TPSA) is 66.4 Å². The van der Waals surface area contributed by atoms with E-state index in [1.54, 1.807) is 6.92 Å². The molecule has 4 nitrogen and oxygen atoms in total. The number of thioether (sulfide) groups is 1. The maximum absolute atomic E-state index is 11.9. The highest BCUT2D eigenvalue weighted by atomic mass is 32.2. The zero-order chi connectivity index (χ0) is 14.3. The van der Waals surface area contributed by atoms with E-state index in [1.807, 2.05) is 20.8 Å². The van der Waals surface area contributed by atoms with E-state index >= 15 is 0 Å². The molecule has 106 valence electrons. The highest BCUT2D eigenvalue weighted by molar-refractivity contribution is 8.01. The minimum Gasteiger partial charge on any atom is -0.480 e. The van der Waals surface area contributed by atoms with Crippen LogP contribution in [0.25, 0.3) is 0 Å². The number of carboxylic acid groups (broad SMARTS) is 1. The second-order valence-corrected chi connectivity index (χ2v) is 6.47. The molecule has 0 radical (unpaired) electrons. The molecular formula is C13H25NO3S. The molecule has 5 heteroatoms. The van der Waals surface area contributed by atoms with E-state index in [1.165, 1.54) is 11.8 Å². The summed E-state index contributed by atoms with van der Waals surface area (Å²) in [6.45, 7) is 9.51. The quantitative estimate of drug-likeness (QED) is 0.714. The molecular weight excluding hydrogens is 250 g/mol. The lowest BCUT2D eigenvalue weighted by Crippen LogP contribution is -2.39. The first kappa shape index (κ1) is 17.3. The summed E-state index contributed by atoms with van der Waals surface area (Å²) in [5.74, 6) is -0.917. The van der Waals surface area contributed by atoms with Crippen molar-refractivity contribution in [3.8, 4) is 0 Å². The number of aliphatic carboxylic acids is 1. The Balaban J connectivity index is 4.33. The van der Waals surface area contributed by atoms with Crippen LogP contribution in [-0.2, 0) is 9.59 Å². The molecule has 0 aliphatic carbocycles. The molecule has 0 aromatic carbocycles. The summed E-state index contributed by atoms with van der Waals surface area (Å²) in [4.78, 5) is 23.0. The molecule has 0 aliphatic heterocycles. The Morgan fingerprint density at radius 2 is 1.78 bits per heavy atom. The third-order valence-electron chi connectivity index (χ3n) is 2.68. The van der Waals surface area contributed by atoms with Gasteiger partial charge in [-0.25, -0.2) is 0 Å². The molecule has 0 fully saturated rings. The van der Waals surface area contributed by atoms with Gasteiger partial charge in [0.25, 0.3) is 0 Å². The molecule has 3 unspecified atom stereocenters. The fraction of sp³-hybridized carbons (Fsp3) is 0.846. The van der Waals surface area contributed by atoms with Gasteiger partial charge in [0, 0.05) is 6.04 Å². The van der Waals surface area contributed by atoms with E-state index in [4.69, 9.17) is 5.11 Å². The smallest absolute Gasteiger partial charge is 0.316 e. The molecule has 18 heavy (non-hydrogen) atoms. The minimum atomic E-state index is -0.851. The third-order valence-corrected chi connectivity index (χ3v) is 4.34. The number of carboxylic acids is 1. The average Bonchev–Trinajstić information content (AvgIpc) is 2.24. The number of hydrogen-bond donors (Lipinski definition) is 2. The van der Waals surface area contributed by atoms with Crippen molar-refractivity contribution in [2.75, 3.05) is 0 Å². The van der Waals surface area contributed by atoms with Gasteiger partial charge in [-0.1, -0.05) is 27.2 Å². The number of carbonyl (C=O) groups is 2. The van der Waals surface area contributed by atoms with Crippen LogP contribution in [0.4, 0.5) is 0 Å². The van der Waals surface area contributed by atoms with Crippen molar-refractivity contribution in [2.24, 2.45) is 5.92 Å². The van der Waals surface area contributed by atoms with Crippen molar-refractivity contribution in [3.05, 3.63) is 0 Å². The van der Waals surface area contributed by atoms with Gasteiger partial charge in [-0.05, 0) is 26.2 Å². The fourth-order valence-electron chi connectivity index (χ4n) is 1.65. The Kier molecular flexibility index (Phi) is 8.07. The van der Waals surface area contributed by atoms with Crippen molar-refractivity contribution in [3.63, 3.8) is 0 Å². The van der Waals surface area contributed by atoms with Crippen LogP contribution in [0, 0.1) is 5.92 Å².